The largest absolute Gasteiger partial charge is 0.394 e. The first-order valence-electron chi connectivity index (χ1n) is 28.5. The van der Waals surface area contributed by atoms with E-state index < -0.39 is 49.5 Å². The van der Waals surface area contributed by atoms with E-state index in [0.717, 1.165) is 57.8 Å². The summed E-state index contributed by atoms with van der Waals surface area (Å²) >= 11 is 0. The van der Waals surface area contributed by atoms with Crippen LogP contribution in [0.3, 0.4) is 0 Å². The third-order valence-corrected chi connectivity index (χ3v) is 13.3. The molecule has 7 atom stereocenters. The fourth-order valence-corrected chi connectivity index (χ4v) is 8.75. The quantitative estimate of drug-likeness (QED) is 0.0261. The van der Waals surface area contributed by atoms with Gasteiger partial charge in [-0.3, -0.25) is 4.79 Å². The first kappa shape index (κ1) is 63.9. The fraction of sp³-hybridized carbons (Fsp3) is 0.814. The summed E-state index contributed by atoms with van der Waals surface area (Å²) in [6.07, 6.45) is 58.7. The van der Waals surface area contributed by atoms with Gasteiger partial charge in [-0.2, -0.15) is 0 Å². The topological polar surface area (TPSA) is 149 Å². The molecule has 0 saturated carbocycles. The number of hydrogen-bond donors (Lipinski definition) is 6. The molecule has 1 saturated heterocycles. The Bertz CT molecular complexity index is 1250. The molecule has 9 nitrogen and oxygen atoms in total. The number of unbranched alkanes of at least 4 members (excludes halogenated alkanes) is 30. The average molecular weight is 959 g/mol. The van der Waals surface area contributed by atoms with E-state index in [9.17, 15) is 30.3 Å². The van der Waals surface area contributed by atoms with Crippen LogP contribution in [0.1, 0.15) is 251 Å². The molecule has 1 aliphatic rings. The van der Waals surface area contributed by atoms with Crippen LogP contribution in [-0.2, 0) is 14.3 Å². The molecule has 0 aromatic carbocycles. The van der Waals surface area contributed by atoms with Crippen molar-refractivity contribution >= 4 is 5.91 Å². The van der Waals surface area contributed by atoms with Crippen molar-refractivity contribution in [2.24, 2.45) is 0 Å². The third-order valence-electron chi connectivity index (χ3n) is 13.3. The lowest BCUT2D eigenvalue weighted by molar-refractivity contribution is -0.302. The van der Waals surface area contributed by atoms with Crippen LogP contribution in [0.5, 0.6) is 0 Å². The molecule has 396 valence electrons. The number of hydrogen-bond acceptors (Lipinski definition) is 8. The van der Waals surface area contributed by atoms with Gasteiger partial charge in [-0.25, -0.2) is 0 Å². The molecule has 0 aliphatic carbocycles. The Morgan fingerprint density at radius 3 is 1.34 bits per heavy atom. The lowest BCUT2D eigenvalue weighted by Gasteiger charge is -2.40. The van der Waals surface area contributed by atoms with Gasteiger partial charge in [-0.1, -0.05) is 229 Å². The predicted molar refractivity (Wildman–Crippen MR) is 286 cm³/mol. The number of allylic oxidation sites excluding steroid dienone is 9. The van der Waals surface area contributed by atoms with E-state index in [-0.39, 0.29) is 12.5 Å². The summed E-state index contributed by atoms with van der Waals surface area (Å²) in [4.78, 5) is 13.0. The number of rotatable bonds is 48. The number of aliphatic hydroxyl groups is 5. The molecule has 0 aromatic heterocycles. The highest BCUT2D eigenvalue weighted by Crippen LogP contribution is 2.23. The van der Waals surface area contributed by atoms with Gasteiger partial charge in [0.05, 0.1) is 25.4 Å². The van der Waals surface area contributed by atoms with E-state index in [0.29, 0.717) is 6.42 Å². The maximum absolute atomic E-state index is 13.0. The highest BCUT2D eigenvalue weighted by molar-refractivity contribution is 5.76. The molecule has 1 rings (SSSR count). The monoisotopic (exact) mass is 958 g/mol. The second kappa shape index (κ2) is 48.5. The normalized spacial score (nSPS) is 20.0. The van der Waals surface area contributed by atoms with Gasteiger partial charge in [-0.15, -0.1) is 0 Å². The first-order chi connectivity index (χ1) is 33.3. The summed E-state index contributed by atoms with van der Waals surface area (Å²) < 4.78 is 11.2. The lowest BCUT2D eigenvalue weighted by Crippen LogP contribution is -2.60. The Morgan fingerprint density at radius 2 is 0.882 bits per heavy atom. The number of ether oxygens (including phenoxy) is 2. The standard InChI is InChI=1S/C59H107NO8/c1-3-5-7-9-11-13-15-17-19-20-21-22-23-24-25-26-27-28-29-30-31-32-33-34-35-37-39-41-43-45-47-49-55(63)60-52(51-67-59-58(66)57(65)56(64)54(50-61)68-59)53(62)48-46-44-42-40-38-36-18-16-14-12-10-8-6-4-2/h14-17,20-21,38,40,46,48,52-54,56-59,61-62,64-66H,3-13,18-19,22-37,39,41-45,47,49-51H2,1-2H3,(H,60,63)/b16-14+,17-15-,21-20-,40-38+,48-46+. The van der Waals surface area contributed by atoms with Gasteiger partial charge in [-0.05, 0) is 77.0 Å². The highest BCUT2D eigenvalue weighted by Gasteiger charge is 2.44. The van der Waals surface area contributed by atoms with E-state index in [2.05, 4.69) is 67.8 Å². The van der Waals surface area contributed by atoms with Crippen molar-refractivity contribution in [3.63, 3.8) is 0 Å². The minimum atomic E-state index is -1.57. The van der Waals surface area contributed by atoms with Gasteiger partial charge in [0.25, 0.3) is 0 Å². The number of aliphatic hydroxyl groups excluding tert-OH is 5. The van der Waals surface area contributed by atoms with Gasteiger partial charge in [0.2, 0.25) is 5.91 Å². The molecule has 0 spiro atoms. The predicted octanol–water partition coefficient (Wildman–Crippen LogP) is 13.9. The van der Waals surface area contributed by atoms with Crippen molar-refractivity contribution in [2.75, 3.05) is 13.2 Å². The van der Waals surface area contributed by atoms with Crippen LogP contribution in [-0.4, -0.2) is 87.5 Å². The van der Waals surface area contributed by atoms with Crippen molar-refractivity contribution in [1.29, 1.82) is 0 Å². The van der Waals surface area contributed by atoms with Crippen LogP contribution >= 0.6 is 0 Å². The van der Waals surface area contributed by atoms with E-state index in [1.54, 1.807) is 6.08 Å². The van der Waals surface area contributed by atoms with Crippen molar-refractivity contribution in [1.82, 2.24) is 5.32 Å². The summed E-state index contributed by atoms with van der Waals surface area (Å²) in [6.45, 7) is 3.73. The summed E-state index contributed by atoms with van der Waals surface area (Å²) in [5.74, 6) is -0.190. The molecule has 1 heterocycles. The second-order valence-corrected chi connectivity index (χ2v) is 19.7. The Kier molecular flexibility index (Phi) is 45.6. The summed E-state index contributed by atoms with van der Waals surface area (Å²) in [6, 6.07) is -0.828. The molecule has 68 heavy (non-hydrogen) atoms. The molecule has 6 N–H and O–H groups in total. The van der Waals surface area contributed by atoms with E-state index in [1.807, 2.05) is 6.08 Å². The number of nitrogens with one attached hydrogen (secondary N) is 1. The molecule has 1 amide bonds. The Labute approximate surface area is 417 Å². The second-order valence-electron chi connectivity index (χ2n) is 19.7. The van der Waals surface area contributed by atoms with E-state index in [4.69, 9.17) is 9.47 Å². The Hall–Kier alpha value is -2.11. The van der Waals surface area contributed by atoms with Crippen molar-refractivity contribution in [3.8, 4) is 0 Å². The smallest absolute Gasteiger partial charge is 0.220 e. The van der Waals surface area contributed by atoms with Crippen LogP contribution in [0.2, 0.25) is 0 Å². The molecule has 0 bridgehead atoms. The van der Waals surface area contributed by atoms with Crippen LogP contribution in [0, 0.1) is 0 Å². The zero-order valence-electron chi connectivity index (χ0n) is 43.9. The first-order valence-corrected chi connectivity index (χ1v) is 28.5. The van der Waals surface area contributed by atoms with Gasteiger partial charge in [0.1, 0.15) is 24.4 Å². The SMILES string of the molecule is CCCCCC/C=C/CC/C=C/CC/C=C/C(O)C(COC1OC(CO)C(O)C(O)C1O)NC(=O)CCCCCCCCCCCCCCCCCCCCC/C=C\C/C=C\CCCCCCC. The molecular weight excluding hydrogens is 851 g/mol. The van der Waals surface area contributed by atoms with Gasteiger partial charge in [0, 0.05) is 6.42 Å². The maximum atomic E-state index is 13.0. The number of amides is 1. The van der Waals surface area contributed by atoms with Gasteiger partial charge in [0.15, 0.2) is 6.29 Å². The van der Waals surface area contributed by atoms with Crippen LogP contribution in [0.4, 0.5) is 0 Å². The fourth-order valence-electron chi connectivity index (χ4n) is 8.75. The molecule has 1 aliphatic heterocycles. The summed E-state index contributed by atoms with van der Waals surface area (Å²) in [7, 11) is 0. The minimum Gasteiger partial charge on any atom is -0.394 e. The zero-order valence-corrected chi connectivity index (χ0v) is 43.9. The van der Waals surface area contributed by atoms with E-state index >= 15 is 0 Å². The minimum absolute atomic E-state index is 0.190. The average Bonchev–Trinajstić information content (AvgIpc) is 3.34. The highest BCUT2D eigenvalue weighted by atomic mass is 16.7. The molecule has 0 aromatic rings. The zero-order chi connectivity index (χ0) is 49.4. The molecule has 7 unspecified atom stereocenters. The van der Waals surface area contributed by atoms with Gasteiger partial charge >= 0.3 is 0 Å². The molecule has 1 fully saturated rings. The van der Waals surface area contributed by atoms with Crippen molar-refractivity contribution in [2.45, 2.75) is 294 Å². The van der Waals surface area contributed by atoms with Crippen LogP contribution in [0.15, 0.2) is 60.8 Å². The molecular formula is C59H107NO8. The Morgan fingerprint density at radius 1 is 0.500 bits per heavy atom. The third kappa shape index (κ3) is 37.7. The Balaban J connectivity index is 2.16. The van der Waals surface area contributed by atoms with Crippen LogP contribution in [0.25, 0.3) is 0 Å². The number of carbonyl (C=O) groups is 1. The van der Waals surface area contributed by atoms with E-state index in [1.165, 1.54) is 173 Å². The maximum Gasteiger partial charge on any atom is 0.220 e. The summed E-state index contributed by atoms with van der Waals surface area (Å²) in [5, 5.41) is 54.3. The lowest BCUT2D eigenvalue weighted by atomic mass is 9.99. The molecule has 0 radical (unpaired) electrons. The molecule has 9 heteroatoms. The van der Waals surface area contributed by atoms with Crippen molar-refractivity contribution < 1.29 is 39.8 Å². The number of carbonyl (C=O) groups excluding carboxylic acids is 1. The van der Waals surface area contributed by atoms with Crippen molar-refractivity contribution in [3.05, 3.63) is 60.8 Å². The van der Waals surface area contributed by atoms with Crippen LogP contribution < -0.4 is 5.32 Å². The summed E-state index contributed by atoms with van der Waals surface area (Å²) in [5.41, 5.74) is 0. The van der Waals surface area contributed by atoms with Gasteiger partial charge < -0.3 is 40.3 Å².